The molecule has 13 heteroatoms. The van der Waals surface area contributed by atoms with Crippen molar-refractivity contribution in [2.24, 2.45) is 0 Å². The smallest absolute Gasteiger partial charge is 0.444 e. The van der Waals surface area contributed by atoms with Crippen molar-refractivity contribution in [2.45, 2.75) is 58.5 Å². The Balaban J connectivity index is 1.51. The van der Waals surface area contributed by atoms with Crippen LogP contribution in [0.2, 0.25) is 0 Å². The van der Waals surface area contributed by atoms with E-state index in [9.17, 15) is 22.8 Å². The Labute approximate surface area is 227 Å². The molecule has 0 radical (unpaired) electrons. The summed E-state index contributed by atoms with van der Waals surface area (Å²) in [7, 11) is 0. The number of piperidine rings is 1. The van der Waals surface area contributed by atoms with Gasteiger partial charge in [0.25, 0.3) is 5.91 Å². The summed E-state index contributed by atoms with van der Waals surface area (Å²) < 4.78 is 47.1. The van der Waals surface area contributed by atoms with Gasteiger partial charge in [0.2, 0.25) is 0 Å². The first-order valence-electron chi connectivity index (χ1n) is 12.3. The molecule has 1 aliphatic heterocycles. The van der Waals surface area contributed by atoms with E-state index in [1.807, 2.05) is 0 Å². The lowest BCUT2D eigenvalue weighted by atomic mass is 10.1. The molecule has 4 rings (SSSR count). The maximum absolute atomic E-state index is 13.2. The van der Waals surface area contributed by atoms with E-state index in [1.165, 1.54) is 18.2 Å². The molecule has 2 aromatic heterocycles. The number of nitrogen functional groups attached to an aromatic ring is 1. The third-order valence-electron chi connectivity index (χ3n) is 5.94. The summed E-state index contributed by atoms with van der Waals surface area (Å²) in [5, 5.41) is 6.68. The molecule has 2 amide bonds. The van der Waals surface area contributed by atoms with Crippen LogP contribution >= 0.6 is 11.3 Å². The number of fused-ring (bicyclic) bond motifs is 1. The maximum Gasteiger partial charge on any atom is 0.573 e. The number of thiophene rings is 1. The van der Waals surface area contributed by atoms with Gasteiger partial charge in [0, 0.05) is 31.0 Å². The van der Waals surface area contributed by atoms with Gasteiger partial charge in [-0.25, -0.2) is 9.78 Å². The molecule has 1 saturated heterocycles. The highest BCUT2D eigenvalue weighted by Gasteiger charge is 2.32. The number of benzene rings is 1. The molecular weight excluding hydrogens is 535 g/mol. The number of likely N-dealkylation sites (tertiary alicyclic amines) is 1. The van der Waals surface area contributed by atoms with Gasteiger partial charge in [-0.15, -0.1) is 24.5 Å². The fraction of sp³-hybridized carbons (Fsp3) is 0.423. The number of halogens is 3. The second-order valence-electron chi connectivity index (χ2n) is 10.3. The molecule has 1 aromatic carbocycles. The van der Waals surface area contributed by atoms with Crippen LogP contribution in [0.4, 0.5) is 35.0 Å². The molecule has 0 aliphatic carbocycles. The number of carbonyl (C=O) groups is 2. The minimum atomic E-state index is -4.79. The number of amides is 2. The van der Waals surface area contributed by atoms with Crippen molar-refractivity contribution in [1.29, 1.82) is 0 Å². The number of hydrogen-bond donors (Lipinski definition) is 3. The highest BCUT2D eigenvalue weighted by Crippen LogP contribution is 2.39. The van der Waals surface area contributed by atoms with Crippen molar-refractivity contribution >= 4 is 50.6 Å². The second kappa shape index (κ2) is 10.8. The Bertz CT molecular complexity index is 1390. The van der Waals surface area contributed by atoms with Crippen LogP contribution in [0.5, 0.6) is 5.75 Å². The average Bonchev–Trinajstić information content (AvgIpc) is 3.16. The summed E-state index contributed by atoms with van der Waals surface area (Å²) >= 11 is 1.13. The monoisotopic (exact) mass is 565 g/mol. The van der Waals surface area contributed by atoms with Gasteiger partial charge in [0.15, 0.2) is 0 Å². The molecule has 39 heavy (non-hydrogen) atoms. The van der Waals surface area contributed by atoms with Crippen LogP contribution in [0.25, 0.3) is 10.2 Å². The lowest BCUT2D eigenvalue weighted by molar-refractivity contribution is -0.274. The second-order valence-corrected chi connectivity index (χ2v) is 11.3. The normalized spacial score (nSPS) is 16.2. The molecule has 3 heterocycles. The first-order valence-corrected chi connectivity index (χ1v) is 13.1. The number of nitrogens with two attached hydrogens (primary N) is 1. The summed E-state index contributed by atoms with van der Waals surface area (Å²) in [6.07, 6.45) is -2.23. The summed E-state index contributed by atoms with van der Waals surface area (Å²) in [4.78, 5) is 32.4. The molecule has 3 aromatic rings. The van der Waals surface area contributed by atoms with Gasteiger partial charge >= 0.3 is 12.5 Å². The predicted octanol–water partition coefficient (Wildman–Crippen LogP) is 5.96. The zero-order valence-corrected chi connectivity index (χ0v) is 22.8. The van der Waals surface area contributed by atoms with Crippen molar-refractivity contribution in [1.82, 2.24) is 15.2 Å². The number of aromatic nitrogens is 1. The van der Waals surface area contributed by atoms with Crippen LogP contribution in [0, 0.1) is 6.92 Å². The van der Waals surface area contributed by atoms with E-state index in [0.29, 0.717) is 53.1 Å². The molecule has 4 N–H and O–H groups in total. The quantitative estimate of drug-likeness (QED) is 0.349. The molecule has 1 fully saturated rings. The summed E-state index contributed by atoms with van der Waals surface area (Å²) in [6, 6.07) is 5.36. The number of rotatable bonds is 5. The summed E-state index contributed by atoms with van der Waals surface area (Å²) in [6.45, 7) is 7.92. The average molecular weight is 566 g/mol. The predicted molar refractivity (Wildman–Crippen MR) is 143 cm³/mol. The minimum Gasteiger partial charge on any atom is -0.444 e. The Morgan fingerprint density at radius 1 is 1.18 bits per heavy atom. The highest BCUT2D eigenvalue weighted by atomic mass is 32.1. The highest BCUT2D eigenvalue weighted by molar-refractivity contribution is 7.21. The number of aryl methyl sites for hydroxylation is 1. The fourth-order valence-electron chi connectivity index (χ4n) is 4.28. The van der Waals surface area contributed by atoms with E-state index >= 15 is 0 Å². The number of pyridine rings is 1. The molecule has 0 spiro atoms. The van der Waals surface area contributed by atoms with Crippen LogP contribution in [0.1, 0.15) is 48.8 Å². The van der Waals surface area contributed by atoms with Gasteiger partial charge in [-0.1, -0.05) is 0 Å². The Morgan fingerprint density at radius 3 is 2.59 bits per heavy atom. The first kappa shape index (κ1) is 28.3. The van der Waals surface area contributed by atoms with Gasteiger partial charge in [-0.3, -0.25) is 4.79 Å². The third-order valence-corrected chi connectivity index (χ3v) is 7.06. The zero-order chi connectivity index (χ0) is 28.5. The van der Waals surface area contributed by atoms with E-state index in [0.717, 1.165) is 11.3 Å². The number of ether oxygens (including phenoxy) is 2. The SMILES string of the molecule is Cc1cc(OC(F)(F)F)ccc1Nc1ccnc2sc(C(=O)NC3CCCN(C(=O)OC(C)(C)C)C3)c(N)c12. The van der Waals surface area contributed by atoms with Crippen LogP contribution in [-0.4, -0.2) is 53.0 Å². The molecular formula is C26H30F3N5O4S. The lowest BCUT2D eigenvalue weighted by Gasteiger charge is -2.34. The van der Waals surface area contributed by atoms with Crippen molar-refractivity contribution in [2.75, 3.05) is 24.1 Å². The van der Waals surface area contributed by atoms with Crippen LogP contribution < -0.4 is 21.1 Å². The number of anilines is 3. The molecule has 9 nitrogen and oxygen atoms in total. The lowest BCUT2D eigenvalue weighted by Crippen LogP contribution is -2.50. The topological polar surface area (TPSA) is 119 Å². The van der Waals surface area contributed by atoms with E-state index in [-0.39, 0.29) is 28.3 Å². The number of nitrogens with one attached hydrogen (secondary N) is 2. The van der Waals surface area contributed by atoms with Crippen molar-refractivity contribution in [3.8, 4) is 5.75 Å². The largest absolute Gasteiger partial charge is 0.573 e. The molecule has 1 aliphatic rings. The molecule has 0 saturated carbocycles. The fourth-order valence-corrected chi connectivity index (χ4v) is 5.27. The van der Waals surface area contributed by atoms with Crippen molar-refractivity contribution < 1.29 is 32.2 Å². The molecule has 1 unspecified atom stereocenters. The number of alkyl halides is 3. The Hall–Kier alpha value is -3.74. The van der Waals surface area contributed by atoms with E-state index in [4.69, 9.17) is 10.5 Å². The minimum absolute atomic E-state index is 0.234. The van der Waals surface area contributed by atoms with Gasteiger partial charge in [0.1, 0.15) is 21.1 Å². The first-order chi connectivity index (χ1) is 18.2. The number of nitrogens with zero attached hydrogens (tertiary/aromatic N) is 2. The molecule has 1 atom stereocenters. The van der Waals surface area contributed by atoms with E-state index in [1.54, 1.807) is 44.9 Å². The Kier molecular flexibility index (Phi) is 7.82. The number of hydrogen-bond acceptors (Lipinski definition) is 8. The van der Waals surface area contributed by atoms with Crippen LogP contribution in [0.15, 0.2) is 30.5 Å². The van der Waals surface area contributed by atoms with E-state index in [2.05, 4.69) is 20.4 Å². The molecule has 0 bridgehead atoms. The number of carbonyl (C=O) groups excluding carboxylic acids is 2. The van der Waals surface area contributed by atoms with Crippen molar-refractivity contribution in [3.05, 3.63) is 40.9 Å². The molecule has 210 valence electrons. The van der Waals surface area contributed by atoms with Crippen LogP contribution in [0.3, 0.4) is 0 Å². The van der Waals surface area contributed by atoms with Gasteiger partial charge in [-0.2, -0.15) is 0 Å². The van der Waals surface area contributed by atoms with Gasteiger partial charge in [0.05, 0.1) is 16.8 Å². The summed E-state index contributed by atoms with van der Waals surface area (Å²) in [5.74, 6) is -0.699. The van der Waals surface area contributed by atoms with Crippen LogP contribution in [-0.2, 0) is 4.74 Å². The van der Waals surface area contributed by atoms with E-state index < -0.39 is 18.1 Å². The van der Waals surface area contributed by atoms with Gasteiger partial charge in [-0.05, 0) is 70.4 Å². The standard InChI is InChI=1S/C26H30F3N5O4S/c1-14-12-16(37-26(27,28)29)7-8-17(14)33-18-9-10-31-23-19(18)20(30)21(39-23)22(35)32-15-6-5-11-34(13-15)24(36)38-25(2,3)4/h7-10,12,15H,5-6,11,13,30H2,1-4H3,(H,31,33)(H,32,35). The maximum atomic E-state index is 13.2. The summed E-state index contributed by atoms with van der Waals surface area (Å²) in [5.41, 5.74) is 7.64. The third kappa shape index (κ3) is 7.02. The van der Waals surface area contributed by atoms with Crippen molar-refractivity contribution in [3.63, 3.8) is 0 Å². The van der Waals surface area contributed by atoms with Gasteiger partial charge < -0.3 is 30.7 Å². The Morgan fingerprint density at radius 2 is 1.92 bits per heavy atom. The zero-order valence-electron chi connectivity index (χ0n) is 21.9.